The molecule has 1 atom stereocenters. The summed E-state index contributed by atoms with van der Waals surface area (Å²) in [6.45, 7) is 1.55. The molecule has 0 amide bonds. The maximum Gasteiger partial charge on any atom is 0.329 e. The highest BCUT2D eigenvalue weighted by Crippen LogP contribution is 2.25. The molecular weight excluding hydrogens is 326 g/mol. The Labute approximate surface area is 144 Å². The van der Waals surface area contributed by atoms with E-state index in [1.807, 2.05) is 11.0 Å². The molecule has 1 fully saturated rings. The monoisotopic (exact) mass is 345 g/mol. The van der Waals surface area contributed by atoms with Gasteiger partial charge >= 0.3 is 5.69 Å². The number of para-hydroxylation sites is 1. The average Bonchev–Trinajstić information content (AvgIpc) is 3.09. The van der Waals surface area contributed by atoms with Gasteiger partial charge in [-0.15, -0.1) is 0 Å². The van der Waals surface area contributed by atoms with Crippen LogP contribution in [0, 0.1) is 10.1 Å². The van der Waals surface area contributed by atoms with Gasteiger partial charge in [-0.25, -0.2) is 4.98 Å². The van der Waals surface area contributed by atoms with Crippen molar-refractivity contribution in [3.8, 4) is 5.75 Å². The van der Waals surface area contributed by atoms with Gasteiger partial charge in [0.2, 0.25) is 11.8 Å². The molecule has 2 aromatic rings. The van der Waals surface area contributed by atoms with Gasteiger partial charge in [0.05, 0.1) is 11.0 Å². The first kappa shape index (κ1) is 16.9. The second kappa shape index (κ2) is 7.31. The molecule has 9 nitrogen and oxygen atoms in total. The van der Waals surface area contributed by atoms with Gasteiger partial charge in [0, 0.05) is 25.3 Å². The highest BCUT2D eigenvalue weighted by molar-refractivity contribution is 5.54. The Kier molecular flexibility index (Phi) is 4.94. The van der Waals surface area contributed by atoms with Crippen LogP contribution in [-0.4, -0.2) is 39.3 Å². The summed E-state index contributed by atoms with van der Waals surface area (Å²) in [6, 6.07) is 6.96. The molecule has 9 heteroatoms. The number of rotatable bonds is 6. The number of anilines is 2. The van der Waals surface area contributed by atoms with Crippen LogP contribution in [0.25, 0.3) is 0 Å². The Balaban J connectivity index is 1.88. The van der Waals surface area contributed by atoms with Crippen molar-refractivity contribution in [3.05, 3.63) is 46.1 Å². The van der Waals surface area contributed by atoms with E-state index in [-0.39, 0.29) is 29.3 Å². The van der Waals surface area contributed by atoms with Crippen LogP contribution in [0.15, 0.2) is 30.5 Å². The first-order valence-electron chi connectivity index (χ1n) is 7.95. The summed E-state index contributed by atoms with van der Waals surface area (Å²) >= 11 is 0. The van der Waals surface area contributed by atoms with Crippen LogP contribution in [0.3, 0.4) is 0 Å². The highest BCUT2D eigenvalue weighted by atomic mass is 16.6. The number of hydrogen-bond donors (Lipinski definition) is 2. The van der Waals surface area contributed by atoms with E-state index in [9.17, 15) is 15.2 Å². The van der Waals surface area contributed by atoms with E-state index >= 15 is 0 Å². The molecular formula is C16H19N5O4. The number of hydrogen-bond acceptors (Lipinski definition) is 8. The van der Waals surface area contributed by atoms with Crippen LogP contribution in [0.1, 0.15) is 18.4 Å². The lowest BCUT2D eigenvalue weighted by molar-refractivity contribution is -0.384. The second-order valence-electron chi connectivity index (χ2n) is 5.84. The minimum atomic E-state index is -0.618. The summed E-state index contributed by atoms with van der Waals surface area (Å²) in [7, 11) is 0. The number of phenols is 1. The molecule has 1 saturated heterocycles. The minimum absolute atomic E-state index is 0.0193. The van der Waals surface area contributed by atoms with Crippen molar-refractivity contribution in [1.29, 1.82) is 0 Å². The number of benzene rings is 1. The molecule has 0 bridgehead atoms. The summed E-state index contributed by atoms with van der Waals surface area (Å²) in [5.41, 5.74) is 6.06. The molecule has 0 aliphatic carbocycles. The van der Waals surface area contributed by atoms with Crippen molar-refractivity contribution in [3.63, 3.8) is 0 Å². The van der Waals surface area contributed by atoms with Crippen LogP contribution < -0.4 is 10.6 Å². The summed E-state index contributed by atoms with van der Waals surface area (Å²) in [5, 5.41) is 20.9. The Hall–Kier alpha value is -2.94. The zero-order chi connectivity index (χ0) is 17.8. The summed E-state index contributed by atoms with van der Waals surface area (Å²) in [4.78, 5) is 20.2. The van der Waals surface area contributed by atoms with Gasteiger partial charge in [-0.2, -0.15) is 4.98 Å². The van der Waals surface area contributed by atoms with Crippen molar-refractivity contribution >= 4 is 17.5 Å². The van der Waals surface area contributed by atoms with Crippen molar-refractivity contribution in [2.24, 2.45) is 0 Å². The van der Waals surface area contributed by atoms with Gasteiger partial charge < -0.3 is 20.5 Å². The van der Waals surface area contributed by atoms with E-state index in [1.165, 1.54) is 0 Å². The third-order valence-corrected chi connectivity index (χ3v) is 4.07. The summed E-state index contributed by atoms with van der Waals surface area (Å²) < 4.78 is 5.67. The fourth-order valence-electron chi connectivity index (χ4n) is 2.77. The standard InChI is InChI=1S/C16H19N5O4/c17-15-13(21(23)24)8-18-16(19-15)20(10-12-5-3-7-25-12)9-11-4-1-2-6-14(11)22/h1-2,4,6,8,12,22H,3,5,7,9-10H2,(H2,17,18,19)/t12-/m0/s1. The Morgan fingerprint density at radius 2 is 2.24 bits per heavy atom. The van der Waals surface area contributed by atoms with E-state index in [2.05, 4.69) is 9.97 Å². The predicted molar refractivity (Wildman–Crippen MR) is 91.2 cm³/mol. The third-order valence-electron chi connectivity index (χ3n) is 4.07. The van der Waals surface area contributed by atoms with E-state index in [0.717, 1.165) is 19.0 Å². The molecule has 0 radical (unpaired) electrons. The first-order valence-corrected chi connectivity index (χ1v) is 7.95. The van der Waals surface area contributed by atoms with E-state index in [0.29, 0.717) is 25.3 Å². The number of phenolic OH excluding ortho intramolecular Hbond substituents is 1. The predicted octanol–water partition coefficient (Wildman–Crippen LogP) is 1.86. The van der Waals surface area contributed by atoms with Gasteiger partial charge in [0.15, 0.2) is 0 Å². The number of aromatic hydroxyl groups is 1. The molecule has 1 aliphatic heterocycles. The lowest BCUT2D eigenvalue weighted by atomic mass is 10.1. The second-order valence-corrected chi connectivity index (χ2v) is 5.84. The van der Waals surface area contributed by atoms with Gasteiger partial charge in [-0.05, 0) is 18.9 Å². The molecule has 3 N–H and O–H groups in total. The van der Waals surface area contributed by atoms with Crippen molar-refractivity contribution in [2.75, 3.05) is 23.8 Å². The fraction of sp³-hybridized carbons (Fsp3) is 0.375. The van der Waals surface area contributed by atoms with E-state index in [1.54, 1.807) is 18.2 Å². The number of nitro groups is 1. The molecule has 0 spiro atoms. The largest absolute Gasteiger partial charge is 0.508 e. The Morgan fingerprint density at radius 3 is 2.88 bits per heavy atom. The first-order chi connectivity index (χ1) is 12.0. The maximum absolute atomic E-state index is 10.9. The van der Waals surface area contributed by atoms with Crippen molar-refractivity contribution < 1.29 is 14.8 Å². The smallest absolute Gasteiger partial charge is 0.329 e. The average molecular weight is 345 g/mol. The lowest BCUT2D eigenvalue weighted by Crippen LogP contribution is -2.33. The van der Waals surface area contributed by atoms with E-state index < -0.39 is 4.92 Å². The summed E-state index contributed by atoms with van der Waals surface area (Å²) in [5.74, 6) is 0.237. The third kappa shape index (κ3) is 3.94. The zero-order valence-corrected chi connectivity index (χ0v) is 13.5. The molecule has 1 aliphatic rings. The zero-order valence-electron chi connectivity index (χ0n) is 13.5. The molecule has 3 rings (SSSR count). The Morgan fingerprint density at radius 1 is 1.44 bits per heavy atom. The summed E-state index contributed by atoms with van der Waals surface area (Å²) in [6.07, 6.45) is 3.02. The van der Waals surface area contributed by atoms with Crippen molar-refractivity contribution in [2.45, 2.75) is 25.5 Å². The van der Waals surface area contributed by atoms with Gasteiger partial charge in [-0.3, -0.25) is 10.1 Å². The molecule has 25 heavy (non-hydrogen) atoms. The molecule has 0 unspecified atom stereocenters. The lowest BCUT2D eigenvalue weighted by Gasteiger charge is -2.25. The fourth-order valence-corrected chi connectivity index (χ4v) is 2.77. The molecule has 1 aromatic carbocycles. The SMILES string of the molecule is Nc1nc(N(Cc2ccccc2O)C[C@@H]2CCCO2)ncc1[N+](=O)[O-]. The molecule has 0 saturated carbocycles. The van der Waals surface area contributed by atoms with Crippen LogP contribution in [-0.2, 0) is 11.3 Å². The van der Waals surface area contributed by atoms with Crippen LogP contribution in [0.2, 0.25) is 0 Å². The van der Waals surface area contributed by atoms with Gasteiger partial charge in [0.25, 0.3) is 0 Å². The number of ether oxygens (including phenoxy) is 1. The minimum Gasteiger partial charge on any atom is -0.508 e. The highest BCUT2D eigenvalue weighted by Gasteiger charge is 2.24. The quantitative estimate of drug-likeness (QED) is 0.600. The number of nitrogens with two attached hydrogens (primary N) is 1. The van der Waals surface area contributed by atoms with Gasteiger partial charge in [-0.1, -0.05) is 18.2 Å². The topological polar surface area (TPSA) is 128 Å². The molecule has 1 aromatic heterocycles. The molecule has 132 valence electrons. The van der Waals surface area contributed by atoms with Gasteiger partial charge in [0.1, 0.15) is 11.9 Å². The van der Waals surface area contributed by atoms with Crippen LogP contribution in [0.4, 0.5) is 17.5 Å². The van der Waals surface area contributed by atoms with Crippen LogP contribution in [0.5, 0.6) is 5.75 Å². The molecule has 2 heterocycles. The van der Waals surface area contributed by atoms with E-state index in [4.69, 9.17) is 10.5 Å². The number of aromatic nitrogens is 2. The van der Waals surface area contributed by atoms with Crippen LogP contribution >= 0.6 is 0 Å². The van der Waals surface area contributed by atoms with Crippen molar-refractivity contribution in [1.82, 2.24) is 9.97 Å². The number of nitrogens with zero attached hydrogens (tertiary/aromatic N) is 4. The maximum atomic E-state index is 10.9. The number of nitrogen functional groups attached to an aromatic ring is 1. The normalized spacial score (nSPS) is 16.7. The Bertz CT molecular complexity index is 764.